The predicted octanol–water partition coefficient (Wildman–Crippen LogP) is 4.14. The molecule has 4 rings (SSSR count). The zero-order chi connectivity index (χ0) is 29.0. The van der Waals surface area contributed by atoms with Crippen molar-refractivity contribution in [1.82, 2.24) is 4.31 Å². The van der Waals surface area contributed by atoms with Gasteiger partial charge in [-0.15, -0.1) is 0 Å². The molecule has 2 atom stereocenters. The maximum absolute atomic E-state index is 13.6. The third-order valence-electron chi connectivity index (χ3n) is 6.58. The third-order valence-corrected chi connectivity index (χ3v) is 9.16. The number of aromatic nitrogens is 1. The molecule has 1 fully saturated rings. The number of methoxy groups -OCH3 is 2. The number of hydrogen-bond acceptors (Lipinski definition) is 8. The summed E-state index contributed by atoms with van der Waals surface area (Å²) in [5.41, 5.74) is 1.21. The number of carbonyl (C=O) groups excluding carboxylic acids is 2. The molecule has 0 N–H and O–H groups in total. The Morgan fingerprint density at radius 2 is 1.75 bits per heavy atom. The average Bonchev–Trinajstić information content (AvgIpc) is 3.45. The van der Waals surface area contributed by atoms with Crippen molar-refractivity contribution in [3.63, 3.8) is 0 Å². The summed E-state index contributed by atoms with van der Waals surface area (Å²) < 4.78 is 45.0. The van der Waals surface area contributed by atoms with Crippen molar-refractivity contribution in [3.05, 3.63) is 86.8 Å². The molecule has 1 aliphatic rings. The summed E-state index contributed by atoms with van der Waals surface area (Å²) in [6.07, 6.45) is 2.61. The lowest BCUT2D eigenvalue weighted by Gasteiger charge is -2.26. The number of halogens is 2. The van der Waals surface area contributed by atoms with Crippen LogP contribution in [-0.2, 0) is 26.0 Å². The fourth-order valence-electron chi connectivity index (χ4n) is 4.53. The molecule has 3 aromatic rings. The van der Waals surface area contributed by atoms with Crippen molar-refractivity contribution in [2.75, 3.05) is 20.8 Å². The molecule has 1 aromatic heterocycles. The van der Waals surface area contributed by atoms with Crippen LogP contribution in [0.25, 0.3) is 0 Å². The van der Waals surface area contributed by atoms with Crippen molar-refractivity contribution in [1.29, 1.82) is 0 Å². The van der Waals surface area contributed by atoms with Gasteiger partial charge in [0.1, 0.15) is 28.5 Å². The van der Waals surface area contributed by atoms with Gasteiger partial charge in [-0.1, -0.05) is 41.4 Å². The SMILES string of the molecule is COc1ccc([C@H](Cc2c(Cl)c[n+]([O-])cc2Cl)OC(=O)[C@@H]2CCCN2S(=O)(=O)c2ccc(C=O)cc2)cc1OC. The number of nitrogens with zero attached hydrogens (tertiary/aromatic N) is 2. The van der Waals surface area contributed by atoms with Crippen LogP contribution in [0.4, 0.5) is 0 Å². The Morgan fingerprint density at radius 3 is 2.35 bits per heavy atom. The zero-order valence-electron chi connectivity index (χ0n) is 21.6. The van der Waals surface area contributed by atoms with Crippen LogP contribution in [-0.4, -0.2) is 51.8 Å². The highest BCUT2D eigenvalue weighted by Gasteiger charge is 2.41. The van der Waals surface area contributed by atoms with E-state index >= 15 is 0 Å². The van der Waals surface area contributed by atoms with Crippen LogP contribution in [0.2, 0.25) is 10.0 Å². The second-order valence-corrected chi connectivity index (χ2v) is 11.7. The lowest BCUT2D eigenvalue weighted by molar-refractivity contribution is -0.605. The van der Waals surface area contributed by atoms with E-state index in [9.17, 15) is 23.2 Å². The summed E-state index contributed by atoms with van der Waals surface area (Å²) in [5.74, 6) is 0.0770. The Labute approximate surface area is 241 Å². The van der Waals surface area contributed by atoms with E-state index in [1.165, 1.54) is 38.5 Å². The van der Waals surface area contributed by atoms with Gasteiger partial charge in [-0.05, 0) is 42.7 Å². The molecular formula is C27H26Cl2N2O8S. The highest BCUT2D eigenvalue weighted by molar-refractivity contribution is 7.89. The summed E-state index contributed by atoms with van der Waals surface area (Å²) >= 11 is 12.6. The smallest absolute Gasteiger partial charge is 0.325 e. The highest BCUT2D eigenvalue weighted by atomic mass is 35.5. The van der Waals surface area contributed by atoms with Crippen LogP contribution in [0.5, 0.6) is 11.5 Å². The Kier molecular flexibility index (Phi) is 9.19. The third kappa shape index (κ3) is 6.17. The van der Waals surface area contributed by atoms with Crippen LogP contribution < -0.4 is 14.2 Å². The summed E-state index contributed by atoms with van der Waals surface area (Å²) in [7, 11) is -1.11. The zero-order valence-corrected chi connectivity index (χ0v) is 23.9. The first-order valence-electron chi connectivity index (χ1n) is 12.1. The fraction of sp³-hybridized carbons (Fsp3) is 0.296. The lowest BCUT2D eigenvalue weighted by atomic mass is 10.0. The number of esters is 1. The first-order chi connectivity index (χ1) is 19.1. The van der Waals surface area contributed by atoms with E-state index in [0.29, 0.717) is 45.6 Å². The largest absolute Gasteiger partial charge is 0.619 e. The molecule has 1 aliphatic heterocycles. The van der Waals surface area contributed by atoms with Crippen LogP contribution in [0, 0.1) is 5.21 Å². The molecule has 0 amide bonds. The van der Waals surface area contributed by atoms with E-state index < -0.39 is 28.1 Å². The van der Waals surface area contributed by atoms with E-state index in [2.05, 4.69) is 0 Å². The van der Waals surface area contributed by atoms with E-state index in [1.807, 2.05) is 0 Å². The van der Waals surface area contributed by atoms with Gasteiger partial charge in [0.15, 0.2) is 23.9 Å². The molecule has 2 aromatic carbocycles. The maximum atomic E-state index is 13.6. The number of pyridine rings is 1. The van der Waals surface area contributed by atoms with Crippen LogP contribution in [0.15, 0.2) is 59.8 Å². The molecule has 0 aliphatic carbocycles. The number of rotatable bonds is 10. The maximum Gasteiger partial charge on any atom is 0.325 e. The van der Waals surface area contributed by atoms with Gasteiger partial charge in [-0.3, -0.25) is 9.59 Å². The van der Waals surface area contributed by atoms with E-state index in [1.54, 1.807) is 18.2 Å². The molecule has 0 saturated carbocycles. The minimum absolute atomic E-state index is 0.00758. The first-order valence-corrected chi connectivity index (χ1v) is 14.3. The standard InChI is InChI=1S/C27H26Cl2N2O8S/c1-37-24-10-7-18(12-26(24)38-2)25(13-20-21(28)14-30(34)15-22(20)29)39-27(33)23-4-3-11-31(23)40(35,36)19-8-5-17(16-32)6-9-19/h5-10,12,14-16,23,25H,3-4,11,13H2,1-2H3/t23-,25-/m0/s1. The summed E-state index contributed by atoms with van der Waals surface area (Å²) in [4.78, 5) is 24.5. The molecule has 40 heavy (non-hydrogen) atoms. The number of carbonyl (C=O) groups is 2. The molecule has 0 bridgehead atoms. The van der Waals surface area contributed by atoms with Gasteiger partial charge in [0.05, 0.1) is 19.1 Å². The number of ether oxygens (including phenoxy) is 3. The molecule has 10 nitrogen and oxygen atoms in total. The minimum atomic E-state index is -4.05. The van der Waals surface area contributed by atoms with Crippen molar-refractivity contribution >= 4 is 45.5 Å². The molecule has 13 heteroatoms. The molecule has 0 spiro atoms. The Morgan fingerprint density at radius 1 is 1.10 bits per heavy atom. The number of hydrogen-bond donors (Lipinski definition) is 0. The Bertz CT molecular complexity index is 1490. The fourth-order valence-corrected chi connectivity index (χ4v) is 6.77. The highest BCUT2D eigenvalue weighted by Crippen LogP contribution is 2.36. The van der Waals surface area contributed by atoms with Gasteiger partial charge in [0.2, 0.25) is 10.0 Å². The van der Waals surface area contributed by atoms with Gasteiger partial charge in [0.25, 0.3) is 0 Å². The second kappa shape index (κ2) is 12.4. The summed E-state index contributed by atoms with van der Waals surface area (Å²) in [5, 5.41) is 11.9. The lowest BCUT2D eigenvalue weighted by Crippen LogP contribution is -2.41. The monoisotopic (exact) mass is 608 g/mol. The Hall–Kier alpha value is -3.38. The van der Waals surface area contributed by atoms with Gasteiger partial charge in [-0.2, -0.15) is 9.04 Å². The van der Waals surface area contributed by atoms with Gasteiger partial charge < -0.3 is 19.4 Å². The molecule has 0 unspecified atom stereocenters. The minimum Gasteiger partial charge on any atom is -0.619 e. The molecule has 0 radical (unpaired) electrons. The summed E-state index contributed by atoms with van der Waals surface area (Å²) in [6, 6.07) is 9.32. The number of sulfonamides is 1. The second-order valence-electron chi connectivity index (χ2n) is 9.00. The summed E-state index contributed by atoms with van der Waals surface area (Å²) in [6.45, 7) is 0.123. The first kappa shape index (κ1) is 29.6. The van der Waals surface area contributed by atoms with Gasteiger partial charge in [0, 0.05) is 24.1 Å². The Balaban J connectivity index is 1.67. The topological polar surface area (TPSA) is 126 Å². The number of aldehydes is 1. The van der Waals surface area contributed by atoms with E-state index in [-0.39, 0.29) is 34.3 Å². The predicted molar refractivity (Wildman–Crippen MR) is 146 cm³/mol. The molecule has 2 heterocycles. The molecule has 1 saturated heterocycles. The van der Waals surface area contributed by atoms with Crippen molar-refractivity contribution < 1.29 is 36.9 Å². The molecule has 212 valence electrons. The quantitative estimate of drug-likeness (QED) is 0.145. The van der Waals surface area contributed by atoms with E-state index in [0.717, 1.165) is 16.7 Å². The van der Waals surface area contributed by atoms with Crippen LogP contribution in [0.1, 0.15) is 40.4 Å². The van der Waals surface area contributed by atoms with Crippen molar-refractivity contribution in [2.45, 2.75) is 36.3 Å². The average molecular weight is 609 g/mol. The normalized spacial score (nSPS) is 16.4. The number of benzene rings is 2. The van der Waals surface area contributed by atoms with Gasteiger partial charge in [-0.25, -0.2) is 8.42 Å². The molecular weight excluding hydrogens is 583 g/mol. The van der Waals surface area contributed by atoms with Crippen molar-refractivity contribution in [2.24, 2.45) is 0 Å². The van der Waals surface area contributed by atoms with Gasteiger partial charge >= 0.3 is 5.97 Å². The van der Waals surface area contributed by atoms with Crippen LogP contribution >= 0.6 is 23.2 Å². The van der Waals surface area contributed by atoms with Crippen molar-refractivity contribution in [3.8, 4) is 11.5 Å². The van der Waals surface area contributed by atoms with Crippen LogP contribution in [0.3, 0.4) is 0 Å². The van der Waals surface area contributed by atoms with E-state index in [4.69, 9.17) is 37.4 Å².